The van der Waals surface area contributed by atoms with Crippen LogP contribution in [-0.2, 0) is 11.3 Å². The predicted molar refractivity (Wildman–Crippen MR) is 96.5 cm³/mol. The molecule has 6 nitrogen and oxygen atoms in total. The lowest BCUT2D eigenvalue weighted by Gasteiger charge is -2.23. The van der Waals surface area contributed by atoms with Gasteiger partial charge in [-0.2, -0.15) is 0 Å². The summed E-state index contributed by atoms with van der Waals surface area (Å²) in [5.41, 5.74) is 6.74. The van der Waals surface area contributed by atoms with Crippen molar-refractivity contribution in [3.8, 4) is 0 Å². The van der Waals surface area contributed by atoms with Crippen molar-refractivity contribution in [2.75, 3.05) is 18.5 Å². The minimum atomic E-state index is -0.453. The largest absolute Gasteiger partial charge is 0.328 e. The number of carbonyl (C=O) groups excluding carboxylic acids is 2. The van der Waals surface area contributed by atoms with Gasteiger partial charge in [0.2, 0.25) is 5.91 Å². The highest BCUT2D eigenvalue weighted by Gasteiger charge is 2.37. The lowest BCUT2D eigenvalue weighted by molar-refractivity contribution is -0.120. The fourth-order valence-corrected chi connectivity index (χ4v) is 3.36. The Balaban J connectivity index is 0.00000208. The third-order valence-corrected chi connectivity index (χ3v) is 4.85. The Morgan fingerprint density at radius 2 is 2.12 bits per heavy atom. The first-order valence-electron chi connectivity index (χ1n) is 7.40. The van der Waals surface area contributed by atoms with E-state index in [1.54, 1.807) is 17.3 Å². The average Bonchev–Trinajstić information content (AvgIpc) is 3.21. The molecule has 0 aliphatic carbocycles. The molecule has 128 valence electrons. The van der Waals surface area contributed by atoms with Crippen LogP contribution in [-0.4, -0.2) is 41.3 Å². The highest BCUT2D eigenvalue weighted by Crippen LogP contribution is 2.24. The van der Waals surface area contributed by atoms with E-state index in [1.165, 1.54) is 16.2 Å². The second-order valence-corrected chi connectivity index (χ2v) is 6.32. The Bertz CT molecular complexity index is 722. The summed E-state index contributed by atoms with van der Waals surface area (Å²) < 4.78 is 0. The lowest BCUT2D eigenvalue weighted by atomic mass is 10.2. The number of anilines is 1. The van der Waals surface area contributed by atoms with Gasteiger partial charge in [-0.3, -0.25) is 9.59 Å². The Morgan fingerprint density at radius 1 is 1.42 bits per heavy atom. The first-order chi connectivity index (χ1) is 11.1. The van der Waals surface area contributed by atoms with Crippen molar-refractivity contribution in [3.63, 3.8) is 0 Å². The van der Waals surface area contributed by atoms with E-state index < -0.39 is 6.04 Å². The third kappa shape index (κ3) is 3.43. The van der Waals surface area contributed by atoms with E-state index in [2.05, 4.69) is 4.98 Å². The second-order valence-electron chi connectivity index (χ2n) is 5.38. The summed E-state index contributed by atoms with van der Waals surface area (Å²) in [7, 11) is 1.65. The maximum atomic E-state index is 12.6. The van der Waals surface area contributed by atoms with E-state index in [0.717, 1.165) is 5.69 Å². The summed E-state index contributed by atoms with van der Waals surface area (Å²) in [6, 6.07) is 9.05. The smallest absolute Gasteiger partial charge is 0.273 e. The van der Waals surface area contributed by atoms with Crippen molar-refractivity contribution in [2.24, 2.45) is 5.73 Å². The Kier molecular flexibility index (Phi) is 5.93. The topological polar surface area (TPSA) is 79.5 Å². The van der Waals surface area contributed by atoms with Gasteiger partial charge in [-0.15, -0.1) is 23.7 Å². The summed E-state index contributed by atoms with van der Waals surface area (Å²) in [4.78, 5) is 32.6. The normalized spacial score (nSPS) is 16.8. The van der Waals surface area contributed by atoms with Crippen LogP contribution in [0.4, 0.5) is 5.69 Å². The number of benzene rings is 1. The summed E-state index contributed by atoms with van der Waals surface area (Å²) in [6.07, 6.45) is 0.615. The van der Waals surface area contributed by atoms with E-state index in [-0.39, 0.29) is 24.2 Å². The monoisotopic (exact) mass is 366 g/mol. The first-order valence-corrected chi connectivity index (χ1v) is 8.28. The van der Waals surface area contributed by atoms with Gasteiger partial charge in [0, 0.05) is 31.2 Å². The molecule has 0 bridgehead atoms. The van der Waals surface area contributed by atoms with E-state index in [0.29, 0.717) is 30.2 Å². The zero-order valence-electron chi connectivity index (χ0n) is 13.2. The molecule has 0 spiro atoms. The van der Waals surface area contributed by atoms with E-state index >= 15 is 0 Å². The number of halogens is 1. The molecule has 1 fully saturated rings. The van der Waals surface area contributed by atoms with Crippen molar-refractivity contribution in [3.05, 3.63) is 46.4 Å². The molecule has 8 heteroatoms. The zero-order valence-corrected chi connectivity index (χ0v) is 14.8. The van der Waals surface area contributed by atoms with Gasteiger partial charge in [0.1, 0.15) is 16.7 Å². The first kappa shape index (κ1) is 18.4. The van der Waals surface area contributed by atoms with E-state index in [4.69, 9.17) is 5.73 Å². The van der Waals surface area contributed by atoms with Gasteiger partial charge < -0.3 is 15.5 Å². The molecule has 0 radical (unpaired) electrons. The maximum Gasteiger partial charge on any atom is 0.273 e. The molecule has 1 aliphatic heterocycles. The highest BCUT2D eigenvalue weighted by atomic mass is 35.5. The molecule has 2 amide bonds. The molecule has 2 aromatic rings. The number of likely N-dealkylation sites (N-methyl/N-ethyl adjacent to an activating group) is 1. The number of hydrogen-bond donors (Lipinski definition) is 1. The van der Waals surface area contributed by atoms with Gasteiger partial charge in [0.15, 0.2) is 0 Å². The number of nitrogens with two attached hydrogens (primary N) is 1. The van der Waals surface area contributed by atoms with Crippen LogP contribution in [0.1, 0.15) is 21.9 Å². The molecule has 2 N–H and O–H groups in total. The fourth-order valence-electron chi connectivity index (χ4n) is 2.71. The molecule has 1 aromatic carbocycles. The number of rotatable bonds is 4. The molecular formula is C16H19ClN4O2S. The maximum absolute atomic E-state index is 12.6. The number of hydrogen-bond acceptors (Lipinski definition) is 5. The standard InChI is InChI=1S/C16H18N4O2S.ClH/c1-19(15(21)12-10-23-14(9-17)18-12)13-7-8-20(16(13)22)11-5-3-2-4-6-11;/h2-6,10,13H,7-9,17H2,1H3;1H. The van der Waals surface area contributed by atoms with Crippen LogP contribution in [0.15, 0.2) is 35.7 Å². The van der Waals surface area contributed by atoms with E-state index in [9.17, 15) is 9.59 Å². The molecule has 2 heterocycles. The van der Waals surface area contributed by atoms with Crippen LogP contribution < -0.4 is 10.6 Å². The average molecular weight is 367 g/mol. The number of para-hydroxylation sites is 1. The molecular weight excluding hydrogens is 348 g/mol. The summed E-state index contributed by atoms with van der Waals surface area (Å²) in [5.74, 6) is -0.296. The lowest BCUT2D eigenvalue weighted by Crippen LogP contribution is -2.43. The number of aromatic nitrogens is 1. The summed E-state index contributed by atoms with van der Waals surface area (Å²) in [6.45, 7) is 0.919. The van der Waals surface area contributed by atoms with Crippen LogP contribution in [0.25, 0.3) is 0 Å². The SMILES string of the molecule is CN(C(=O)c1csc(CN)n1)C1CCN(c2ccccc2)C1=O.Cl. The van der Waals surface area contributed by atoms with Crippen LogP contribution >= 0.6 is 23.7 Å². The molecule has 1 atom stereocenters. The number of thiazole rings is 1. The van der Waals surface area contributed by atoms with Gasteiger partial charge in [0.25, 0.3) is 5.91 Å². The van der Waals surface area contributed by atoms with Gasteiger partial charge in [0.05, 0.1) is 0 Å². The third-order valence-electron chi connectivity index (χ3n) is 3.98. The molecule has 1 aliphatic rings. The fraction of sp³-hybridized carbons (Fsp3) is 0.312. The molecule has 0 saturated carbocycles. The number of nitrogens with zero attached hydrogens (tertiary/aromatic N) is 3. The highest BCUT2D eigenvalue weighted by molar-refractivity contribution is 7.09. The Morgan fingerprint density at radius 3 is 2.75 bits per heavy atom. The van der Waals surface area contributed by atoms with Gasteiger partial charge in [-0.25, -0.2) is 4.98 Å². The van der Waals surface area contributed by atoms with Crippen molar-refractivity contribution < 1.29 is 9.59 Å². The van der Waals surface area contributed by atoms with Crippen molar-refractivity contribution >= 4 is 41.2 Å². The van der Waals surface area contributed by atoms with E-state index in [1.807, 2.05) is 30.3 Å². The number of carbonyl (C=O) groups is 2. The van der Waals surface area contributed by atoms with Crippen molar-refractivity contribution in [2.45, 2.75) is 19.0 Å². The quantitative estimate of drug-likeness (QED) is 0.896. The second kappa shape index (κ2) is 7.74. The number of amides is 2. The molecule has 1 aromatic heterocycles. The van der Waals surface area contributed by atoms with Gasteiger partial charge >= 0.3 is 0 Å². The van der Waals surface area contributed by atoms with Crippen LogP contribution in [0, 0.1) is 0 Å². The molecule has 1 unspecified atom stereocenters. The predicted octanol–water partition coefficient (Wildman–Crippen LogP) is 1.90. The van der Waals surface area contributed by atoms with Crippen molar-refractivity contribution in [1.29, 1.82) is 0 Å². The molecule has 3 rings (SSSR count). The minimum Gasteiger partial charge on any atom is -0.328 e. The van der Waals surface area contributed by atoms with Crippen LogP contribution in [0.3, 0.4) is 0 Å². The van der Waals surface area contributed by atoms with Gasteiger partial charge in [-0.05, 0) is 18.6 Å². The van der Waals surface area contributed by atoms with Gasteiger partial charge in [-0.1, -0.05) is 18.2 Å². The zero-order chi connectivity index (χ0) is 16.4. The Hall–Kier alpha value is -1.96. The minimum absolute atomic E-state index is 0. The molecule has 1 saturated heterocycles. The molecule has 24 heavy (non-hydrogen) atoms. The summed E-state index contributed by atoms with van der Waals surface area (Å²) >= 11 is 1.36. The van der Waals surface area contributed by atoms with Crippen LogP contribution in [0.2, 0.25) is 0 Å². The Labute approximate surface area is 150 Å². The summed E-state index contributed by atoms with van der Waals surface area (Å²) in [5, 5.41) is 2.40. The van der Waals surface area contributed by atoms with Crippen LogP contribution in [0.5, 0.6) is 0 Å². The van der Waals surface area contributed by atoms with Crippen molar-refractivity contribution in [1.82, 2.24) is 9.88 Å².